The van der Waals surface area contributed by atoms with E-state index in [1.807, 2.05) is 4.90 Å². The van der Waals surface area contributed by atoms with Crippen LogP contribution in [-0.4, -0.2) is 42.4 Å². The molecule has 86 valence electrons. The third-order valence-corrected chi connectivity index (χ3v) is 2.59. The van der Waals surface area contributed by atoms with Gasteiger partial charge in [0.1, 0.15) is 0 Å². The Hall–Kier alpha value is -1.62. The van der Waals surface area contributed by atoms with Crippen LogP contribution in [0.5, 0.6) is 0 Å². The topological polar surface area (TPSA) is 62.7 Å². The first-order chi connectivity index (χ1) is 7.79. The molecule has 1 aromatic heterocycles. The second-order valence-electron chi connectivity index (χ2n) is 3.65. The molecule has 1 N–H and O–H groups in total. The van der Waals surface area contributed by atoms with Gasteiger partial charge in [0.05, 0.1) is 24.1 Å². The van der Waals surface area contributed by atoms with E-state index in [-0.39, 0.29) is 0 Å². The lowest BCUT2D eigenvalue weighted by atomic mass is 10.2. The molecule has 5 nitrogen and oxygen atoms in total. The first-order valence-electron chi connectivity index (χ1n) is 5.29. The summed E-state index contributed by atoms with van der Waals surface area (Å²) in [5.74, 6) is -0.914. The summed E-state index contributed by atoms with van der Waals surface area (Å²) in [4.78, 5) is 17.1. The van der Waals surface area contributed by atoms with Crippen molar-refractivity contribution in [2.24, 2.45) is 0 Å². The monoisotopic (exact) mass is 222 g/mol. The summed E-state index contributed by atoms with van der Waals surface area (Å²) in [6.45, 7) is 2.89. The molecule has 1 fully saturated rings. The molecule has 16 heavy (non-hydrogen) atoms. The molecule has 0 bridgehead atoms. The van der Waals surface area contributed by atoms with E-state index in [1.54, 1.807) is 6.20 Å². The Morgan fingerprint density at radius 2 is 2.31 bits per heavy atom. The van der Waals surface area contributed by atoms with Gasteiger partial charge in [-0.05, 0) is 12.5 Å². The van der Waals surface area contributed by atoms with Crippen molar-refractivity contribution in [1.82, 2.24) is 4.98 Å². The average Bonchev–Trinajstić information content (AvgIpc) is 2.57. The highest BCUT2D eigenvalue weighted by atomic mass is 16.5. The number of carbonyl (C=O) groups is 1. The van der Waals surface area contributed by atoms with Gasteiger partial charge in [0, 0.05) is 25.9 Å². The summed E-state index contributed by atoms with van der Waals surface area (Å²) in [5.41, 5.74) is 0.984. The minimum Gasteiger partial charge on any atom is -0.478 e. The number of carboxylic acids is 1. The van der Waals surface area contributed by atoms with E-state index in [0.717, 1.165) is 19.6 Å². The zero-order valence-corrected chi connectivity index (χ0v) is 8.93. The fourth-order valence-electron chi connectivity index (χ4n) is 1.81. The van der Waals surface area contributed by atoms with Crippen molar-refractivity contribution in [3.63, 3.8) is 0 Å². The van der Waals surface area contributed by atoms with Gasteiger partial charge in [-0.2, -0.15) is 0 Å². The van der Waals surface area contributed by atoms with Crippen LogP contribution in [0.15, 0.2) is 18.5 Å². The second kappa shape index (κ2) is 4.94. The first kappa shape index (κ1) is 10.9. The Morgan fingerprint density at radius 3 is 3.12 bits per heavy atom. The molecule has 5 heteroatoms. The Kier molecular flexibility index (Phi) is 3.36. The molecule has 0 atom stereocenters. The highest BCUT2D eigenvalue weighted by molar-refractivity contribution is 5.94. The van der Waals surface area contributed by atoms with Gasteiger partial charge in [-0.1, -0.05) is 0 Å². The van der Waals surface area contributed by atoms with Gasteiger partial charge in [-0.3, -0.25) is 4.98 Å². The number of ether oxygens (including phenoxy) is 1. The molecular weight excluding hydrogens is 208 g/mol. The van der Waals surface area contributed by atoms with E-state index in [9.17, 15) is 4.79 Å². The van der Waals surface area contributed by atoms with Crippen molar-refractivity contribution >= 4 is 11.7 Å². The fourth-order valence-corrected chi connectivity index (χ4v) is 1.81. The molecule has 0 saturated carbocycles. The van der Waals surface area contributed by atoms with Crippen LogP contribution in [0.2, 0.25) is 0 Å². The molecule has 2 rings (SSSR count). The number of aromatic nitrogens is 1. The van der Waals surface area contributed by atoms with E-state index in [1.165, 1.54) is 12.3 Å². The number of anilines is 1. The molecule has 0 aliphatic carbocycles. The minimum absolute atomic E-state index is 0.303. The van der Waals surface area contributed by atoms with Crippen LogP contribution in [0.4, 0.5) is 5.69 Å². The van der Waals surface area contributed by atoms with E-state index in [4.69, 9.17) is 9.84 Å². The van der Waals surface area contributed by atoms with Crippen molar-refractivity contribution in [2.75, 3.05) is 31.2 Å². The molecule has 1 saturated heterocycles. The van der Waals surface area contributed by atoms with E-state index >= 15 is 0 Å². The quantitative estimate of drug-likeness (QED) is 0.809. The van der Waals surface area contributed by atoms with E-state index in [2.05, 4.69) is 4.98 Å². The van der Waals surface area contributed by atoms with Crippen LogP contribution in [0, 0.1) is 0 Å². The predicted molar refractivity (Wildman–Crippen MR) is 58.8 cm³/mol. The van der Waals surface area contributed by atoms with Gasteiger partial charge >= 0.3 is 5.97 Å². The lowest BCUT2D eigenvalue weighted by Crippen LogP contribution is -2.27. The molecule has 1 aliphatic rings. The zero-order chi connectivity index (χ0) is 11.4. The molecule has 1 aromatic rings. The molecule has 0 aromatic carbocycles. The van der Waals surface area contributed by atoms with Crippen molar-refractivity contribution in [3.8, 4) is 0 Å². The Balaban J connectivity index is 2.27. The average molecular weight is 222 g/mol. The van der Waals surface area contributed by atoms with Crippen LogP contribution in [0.1, 0.15) is 16.8 Å². The Labute approximate surface area is 93.7 Å². The SMILES string of the molecule is O=C(O)c1ccncc1N1CCCOCC1. The fraction of sp³-hybridized carbons (Fsp3) is 0.455. The third-order valence-electron chi connectivity index (χ3n) is 2.59. The number of pyridine rings is 1. The van der Waals surface area contributed by atoms with Crippen LogP contribution in [-0.2, 0) is 4.74 Å². The van der Waals surface area contributed by atoms with E-state index < -0.39 is 5.97 Å². The lowest BCUT2D eigenvalue weighted by molar-refractivity contribution is 0.0697. The highest BCUT2D eigenvalue weighted by Gasteiger charge is 2.17. The Morgan fingerprint density at radius 1 is 1.44 bits per heavy atom. The standard InChI is InChI=1S/C11H14N2O3/c14-11(15)9-2-3-12-8-10(9)13-4-1-6-16-7-5-13/h2-3,8H,1,4-7H2,(H,14,15). The predicted octanol–water partition coefficient (Wildman–Crippen LogP) is 1.01. The molecule has 0 spiro atoms. The largest absolute Gasteiger partial charge is 0.478 e. The summed E-state index contributed by atoms with van der Waals surface area (Å²) in [7, 11) is 0. The van der Waals surface area contributed by atoms with Gasteiger partial charge in [-0.15, -0.1) is 0 Å². The maximum Gasteiger partial charge on any atom is 0.337 e. The molecule has 0 unspecified atom stereocenters. The first-order valence-corrected chi connectivity index (χ1v) is 5.29. The van der Waals surface area contributed by atoms with Crippen molar-refractivity contribution in [3.05, 3.63) is 24.0 Å². The Bertz CT molecular complexity index is 373. The number of carboxylic acid groups (broad SMARTS) is 1. The maximum absolute atomic E-state index is 11.1. The van der Waals surface area contributed by atoms with E-state index in [0.29, 0.717) is 24.4 Å². The normalized spacial score (nSPS) is 16.9. The van der Waals surface area contributed by atoms with Crippen LogP contribution in [0.3, 0.4) is 0 Å². The van der Waals surface area contributed by atoms with Crippen molar-refractivity contribution in [2.45, 2.75) is 6.42 Å². The van der Waals surface area contributed by atoms with Crippen LogP contribution in [0.25, 0.3) is 0 Å². The number of hydrogen-bond donors (Lipinski definition) is 1. The zero-order valence-electron chi connectivity index (χ0n) is 8.93. The summed E-state index contributed by atoms with van der Waals surface area (Å²) in [6.07, 6.45) is 4.02. The van der Waals surface area contributed by atoms with Gasteiger partial charge in [0.2, 0.25) is 0 Å². The molecule has 0 amide bonds. The van der Waals surface area contributed by atoms with Gasteiger partial charge < -0.3 is 14.7 Å². The minimum atomic E-state index is -0.914. The molecular formula is C11H14N2O3. The number of rotatable bonds is 2. The third kappa shape index (κ3) is 2.30. The lowest BCUT2D eigenvalue weighted by Gasteiger charge is -2.22. The van der Waals surface area contributed by atoms with Gasteiger partial charge in [0.15, 0.2) is 0 Å². The second-order valence-corrected chi connectivity index (χ2v) is 3.65. The molecule has 2 heterocycles. The molecule has 0 radical (unpaired) electrons. The number of aromatic carboxylic acids is 1. The van der Waals surface area contributed by atoms with Crippen LogP contribution < -0.4 is 4.90 Å². The highest BCUT2D eigenvalue weighted by Crippen LogP contribution is 2.20. The summed E-state index contributed by atoms with van der Waals surface area (Å²) in [6, 6.07) is 1.53. The van der Waals surface area contributed by atoms with Crippen molar-refractivity contribution < 1.29 is 14.6 Å². The summed E-state index contributed by atoms with van der Waals surface area (Å²) < 4.78 is 5.34. The molecule has 1 aliphatic heterocycles. The number of nitrogens with zero attached hydrogens (tertiary/aromatic N) is 2. The van der Waals surface area contributed by atoms with Gasteiger partial charge in [0.25, 0.3) is 0 Å². The smallest absolute Gasteiger partial charge is 0.337 e. The van der Waals surface area contributed by atoms with Crippen molar-refractivity contribution in [1.29, 1.82) is 0 Å². The maximum atomic E-state index is 11.1. The van der Waals surface area contributed by atoms with Gasteiger partial charge in [-0.25, -0.2) is 4.79 Å². The summed E-state index contributed by atoms with van der Waals surface area (Å²) >= 11 is 0. The van der Waals surface area contributed by atoms with Crippen LogP contribution >= 0.6 is 0 Å². The summed E-state index contributed by atoms with van der Waals surface area (Å²) in [5, 5.41) is 9.08. The number of hydrogen-bond acceptors (Lipinski definition) is 4.